The van der Waals surface area contributed by atoms with Crippen LogP contribution in [0.4, 0.5) is 0 Å². The third-order valence-corrected chi connectivity index (χ3v) is 5.54. The molecule has 1 N–H and O–H groups in total. The molecule has 23 heavy (non-hydrogen) atoms. The first-order valence-corrected chi connectivity index (χ1v) is 9.18. The van der Waals surface area contributed by atoms with Crippen molar-refractivity contribution in [3.63, 3.8) is 0 Å². The number of aliphatic hydroxyl groups excluding tert-OH is 1. The molecule has 5 nitrogen and oxygen atoms in total. The third kappa shape index (κ3) is 3.44. The van der Waals surface area contributed by atoms with Crippen molar-refractivity contribution < 1.29 is 14.7 Å². The van der Waals surface area contributed by atoms with Crippen LogP contribution >= 0.6 is 11.8 Å². The number of rotatable bonds is 4. The van der Waals surface area contributed by atoms with Gasteiger partial charge in [0.25, 0.3) is 11.8 Å². The standard InChI is InChI=1S/C17H22N2O3S/c1-12-6-8-23-9-7-18(12)10-13(20)11-19-16(21)14-4-2-3-5-15(14)17(19)22/h2-5,12-13,20H,6-11H2,1H3. The molecule has 1 fully saturated rings. The summed E-state index contributed by atoms with van der Waals surface area (Å²) in [7, 11) is 0. The number of nitrogens with zero attached hydrogens (tertiary/aromatic N) is 2. The van der Waals surface area contributed by atoms with Crippen LogP contribution in [0.15, 0.2) is 24.3 Å². The Morgan fingerprint density at radius 3 is 2.48 bits per heavy atom. The lowest BCUT2D eigenvalue weighted by Crippen LogP contribution is -2.45. The van der Waals surface area contributed by atoms with Gasteiger partial charge in [0.05, 0.1) is 23.8 Å². The van der Waals surface area contributed by atoms with Gasteiger partial charge in [0, 0.05) is 24.9 Å². The molecule has 0 saturated carbocycles. The van der Waals surface area contributed by atoms with Crippen LogP contribution in [0.2, 0.25) is 0 Å². The molecule has 2 aliphatic heterocycles. The summed E-state index contributed by atoms with van der Waals surface area (Å²) in [5, 5.41) is 10.4. The van der Waals surface area contributed by atoms with E-state index in [0.717, 1.165) is 24.5 Å². The predicted octanol–water partition coefficient (Wildman–Crippen LogP) is 1.47. The minimum absolute atomic E-state index is 0.0582. The van der Waals surface area contributed by atoms with Crippen molar-refractivity contribution in [2.75, 3.05) is 31.1 Å². The van der Waals surface area contributed by atoms with E-state index in [4.69, 9.17) is 0 Å². The van der Waals surface area contributed by atoms with Crippen LogP contribution in [-0.2, 0) is 0 Å². The summed E-state index contributed by atoms with van der Waals surface area (Å²) in [4.78, 5) is 28.1. The molecule has 6 heteroatoms. The van der Waals surface area contributed by atoms with Crippen molar-refractivity contribution >= 4 is 23.6 Å². The summed E-state index contributed by atoms with van der Waals surface area (Å²) in [6.07, 6.45) is 0.382. The number of β-amino-alcohol motifs (C(OH)–C–C–N with tert-alkyl or cyclic N) is 1. The molecular weight excluding hydrogens is 312 g/mol. The second kappa shape index (κ2) is 7.03. The quantitative estimate of drug-likeness (QED) is 0.845. The van der Waals surface area contributed by atoms with Gasteiger partial charge in [0.15, 0.2) is 0 Å². The maximum Gasteiger partial charge on any atom is 0.261 e. The molecule has 0 spiro atoms. The highest BCUT2D eigenvalue weighted by Gasteiger charge is 2.36. The number of fused-ring (bicyclic) bond motifs is 1. The van der Waals surface area contributed by atoms with E-state index in [-0.39, 0.29) is 18.4 Å². The van der Waals surface area contributed by atoms with Gasteiger partial charge < -0.3 is 5.11 Å². The molecule has 124 valence electrons. The zero-order valence-corrected chi connectivity index (χ0v) is 14.1. The summed E-state index contributed by atoms with van der Waals surface area (Å²) in [6, 6.07) is 7.24. The van der Waals surface area contributed by atoms with Gasteiger partial charge in [-0.15, -0.1) is 0 Å². The zero-order chi connectivity index (χ0) is 16.4. The normalized spacial score (nSPS) is 23.7. The van der Waals surface area contributed by atoms with E-state index < -0.39 is 6.10 Å². The van der Waals surface area contributed by atoms with Gasteiger partial charge in [-0.2, -0.15) is 11.8 Å². The molecule has 1 aromatic carbocycles. The first-order valence-electron chi connectivity index (χ1n) is 8.03. The molecule has 0 aliphatic carbocycles. The highest BCUT2D eigenvalue weighted by molar-refractivity contribution is 7.99. The Hall–Kier alpha value is -1.37. The van der Waals surface area contributed by atoms with Crippen LogP contribution in [-0.4, -0.2) is 70.0 Å². The average molecular weight is 334 g/mol. The fourth-order valence-corrected chi connectivity index (χ4v) is 4.23. The molecule has 0 bridgehead atoms. The summed E-state index contributed by atoms with van der Waals surface area (Å²) in [5.41, 5.74) is 0.869. The first-order chi connectivity index (χ1) is 11.1. The van der Waals surface area contributed by atoms with Gasteiger partial charge in [-0.3, -0.25) is 19.4 Å². The largest absolute Gasteiger partial charge is 0.390 e. The van der Waals surface area contributed by atoms with Gasteiger partial charge in [0.1, 0.15) is 0 Å². The second-order valence-electron chi connectivity index (χ2n) is 6.17. The number of hydrogen-bond acceptors (Lipinski definition) is 5. The van der Waals surface area contributed by atoms with Crippen molar-refractivity contribution in [1.82, 2.24) is 9.80 Å². The maximum atomic E-state index is 12.3. The number of carbonyl (C=O) groups excluding carboxylic acids is 2. The van der Waals surface area contributed by atoms with E-state index in [0.29, 0.717) is 23.7 Å². The van der Waals surface area contributed by atoms with E-state index in [2.05, 4.69) is 11.8 Å². The van der Waals surface area contributed by atoms with Crippen molar-refractivity contribution in [2.45, 2.75) is 25.5 Å². The molecule has 2 amide bonds. The van der Waals surface area contributed by atoms with Gasteiger partial charge >= 0.3 is 0 Å². The van der Waals surface area contributed by atoms with Crippen LogP contribution in [0.3, 0.4) is 0 Å². The van der Waals surface area contributed by atoms with E-state index in [1.54, 1.807) is 24.3 Å². The van der Waals surface area contributed by atoms with E-state index in [9.17, 15) is 14.7 Å². The Morgan fingerprint density at radius 2 is 1.83 bits per heavy atom. The summed E-state index contributed by atoms with van der Waals surface area (Å²) < 4.78 is 0. The second-order valence-corrected chi connectivity index (χ2v) is 7.39. The van der Waals surface area contributed by atoms with Crippen molar-refractivity contribution in [3.8, 4) is 0 Å². The van der Waals surface area contributed by atoms with Crippen LogP contribution in [0.5, 0.6) is 0 Å². The number of amides is 2. The SMILES string of the molecule is CC1CCSCCN1CC(O)CN1C(=O)c2ccccc2C1=O. The van der Waals surface area contributed by atoms with Crippen LogP contribution < -0.4 is 0 Å². The Balaban J connectivity index is 1.63. The Bertz CT molecular complexity index is 572. The number of hydrogen-bond donors (Lipinski definition) is 1. The van der Waals surface area contributed by atoms with Crippen molar-refractivity contribution in [2.24, 2.45) is 0 Å². The number of imide groups is 1. The van der Waals surface area contributed by atoms with Gasteiger partial charge in [-0.05, 0) is 31.2 Å². The zero-order valence-electron chi connectivity index (χ0n) is 13.3. The Kier molecular flexibility index (Phi) is 5.04. The van der Waals surface area contributed by atoms with Crippen molar-refractivity contribution in [3.05, 3.63) is 35.4 Å². The third-order valence-electron chi connectivity index (χ3n) is 4.54. The van der Waals surface area contributed by atoms with Crippen LogP contribution in [0, 0.1) is 0 Å². The first kappa shape index (κ1) is 16.5. The molecule has 3 rings (SSSR count). The monoisotopic (exact) mass is 334 g/mol. The fourth-order valence-electron chi connectivity index (χ4n) is 3.16. The molecule has 1 aromatic rings. The molecule has 0 aromatic heterocycles. The van der Waals surface area contributed by atoms with E-state index in [1.807, 2.05) is 11.8 Å². The topological polar surface area (TPSA) is 60.9 Å². The molecular formula is C17H22N2O3S. The average Bonchev–Trinajstić information content (AvgIpc) is 2.69. The predicted molar refractivity (Wildman–Crippen MR) is 90.8 cm³/mol. The molecule has 2 atom stereocenters. The molecule has 2 heterocycles. The highest BCUT2D eigenvalue weighted by Crippen LogP contribution is 2.23. The van der Waals surface area contributed by atoms with Crippen molar-refractivity contribution in [1.29, 1.82) is 0 Å². The molecule has 2 aliphatic rings. The van der Waals surface area contributed by atoms with E-state index >= 15 is 0 Å². The van der Waals surface area contributed by atoms with Crippen LogP contribution in [0.25, 0.3) is 0 Å². The Labute approximate surface area is 140 Å². The lowest BCUT2D eigenvalue weighted by atomic mass is 10.1. The summed E-state index contributed by atoms with van der Waals surface area (Å²) in [5.74, 6) is 1.60. The number of benzene rings is 1. The fraction of sp³-hybridized carbons (Fsp3) is 0.529. The van der Waals surface area contributed by atoms with Crippen LogP contribution in [0.1, 0.15) is 34.1 Å². The molecule has 1 saturated heterocycles. The number of thioether (sulfide) groups is 1. The minimum Gasteiger partial charge on any atom is -0.390 e. The van der Waals surface area contributed by atoms with E-state index in [1.165, 1.54) is 4.90 Å². The highest BCUT2D eigenvalue weighted by atomic mass is 32.2. The lowest BCUT2D eigenvalue weighted by molar-refractivity contribution is 0.0443. The van der Waals surface area contributed by atoms with Gasteiger partial charge in [-0.1, -0.05) is 12.1 Å². The molecule has 2 unspecified atom stereocenters. The minimum atomic E-state index is -0.720. The smallest absolute Gasteiger partial charge is 0.261 e. The molecule has 0 radical (unpaired) electrons. The number of aliphatic hydroxyl groups is 1. The summed E-state index contributed by atoms with van der Waals surface area (Å²) in [6.45, 7) is 3.66. The maximum absolute atomic E-state index is 12.3. The number of carbonyl (C=O) groups is 2. The Morgan fingerprint density at radius 1 is 1.17 bits per heavy atom. The lowest BCUT2D eigenvalue weighted by Gasteiger charge is -2.30. The summed E-state index contributed by atoms with van der Waals surface area (Å²) >= 11 is 1.93. The van der Waals surface area contributed by atoms with Gasteiger partial charge in [0.2, 0.25) is 0 Å². The van der Waals surface area contributed by atoms with Gasteiger partial charge in [-0.25, -0.2) is 0 Å².